The summed E-state index contributed by atoms with van der Waals surface area (Å²) >= 11 is 6.74. The smallest absolute Gasteiger partial charge is 0.276 e. The van der Waals surface area contributed by atoms with Crippen LogP contribution in [0.15, 0.2) is 39.3 Å². The van der Waals surface area contributed by atoms with Crippen molar-refractivity contribution in [2.24, 2.45) is 0 Å². The zero-order chi connectivity index (χ0) is 19.7. The minimum absolute atomic E-state index is 0.0655. The van der Waals surface area contributed by atoms with Crippen LogP contribution in [0.2, 0.25) is 0 Å². The van der Waals surface area contributed by atoms with Crippen molar-refractivity contribution in [3.63, 3.8) is 0 Å². The minimum Gasteiger partial charge on any atom is -0.456 e. The number of carbonyl (C=O) groups is 1. The Kier molecular flexibility index (Phi) is 5.50. The third kappa shape index (κ3) is 3.71. The van der Waals surface area contributed by atoms with Gasteiger partial charge in [0.1, 0.15) is 15.8 Å². The molecule has 8 heteroatoms. The lowest BCUT2D eigenvalue weighted by atomic mass is 9.94. The Balaban J connectivity index is 1.55. The fourth-order valence-electron chi connectivity index (χ4n) is 3.90. The molecule has 2 heterocycles. The molecule has 0 radical (unpaired) electrons. The Morgan fingerprint density at radius 1 is 1.21 bits per heavy atom. The molecule has 4 rings (SSSR count). The summed E-state index contributed by atoms with van der Waals surface area (Å²) in [6, 6.07) is 3.64. The van der Waals surface area contributed by atoms with Crippen LogP contribution in [0.3, 0.4) is 0 Å². The van der Waals surface area contributed by atoms with E-state index in [4.69, 9.17) is 16.6 Å². The molecule has 1 aromatic heterocycles. The Morgan fingerprint density at radius 3 is 2.71 bits per heavy atom. The van der Waals surface area contributed by atoms with Crippen molar-refractivity contribution in [1.29, 1.82) is 0 Å². The molecule has 0 atom stereocenters. The van der Waals surface area contributed by atoms with Crippen molar-refractivity contribution in [2.45, 2.75) is 51.0 Å². The molecule has 0 bridgehead atoms. The first-order valence-electron chi connectivity index (χ1n) is 9.47. The van der Waals surface area contributed by atoms with Gasteiger partial charge < -0.3 is 4.42 Å². The first-order valence-corrected chi connectivity index (χ1v) is 10.7. The van der Waals surface area contributed by atoms with E-state index in [0.29, 0.717) is 32.7 Å². The predicted octanol–water partition coefficient (Wildman–Crippen LogP) is 5.15. The maximum atomic E-state index is 12.9. The van der Waals surface area contributed by atoms with Crippen LogP contribution in [0.1, 0.15) is 56.5 Å². The number of rotatable bonds is 4. The van der Waals surface area contributed by atoms with Gasteiger partial charge in [0.05, 0.1) is 15.4 Å². The Bertz CT molecular complexity index is 922. The molecule has 6 nitrogen and oxygen atoms in total. The number of furan rings is 1. The highest BCUT2D eigenvalue weighted by Gasteiger charge is 2.37. The van der Waals surface area contributed by atoms with E-state index in [1.54, 1.807) is 29.2 Å². The van der Waals surface area contributed by atoms with Gasteiger partial charge in [-0.3, -0.25) is 19.8 Å². The molecule has 28 heavy (non-hydrogen) atoms. The molecule has 2 fully saturated rings. The summed E-state index contributed by atoms with van der Waals surface area (Å²) in [7, 11) is 0. The fraction of sp³-hybridized carbons (Fsp3) is 0.400. The van der Waals surface area contributed by atoms with E-state index < -0.39 is 0 Å². The average molecular weight is 417 g/mol. The zero-order valence-corrected chi connectivity index (χ0v) is 16.9. The molecule has 3 aliphatic rings. The molecular formula is C20H20N2O4S2. The van der Waals surface area contributed by atoms with E-state index in [2.05, 4.69) is 0 Å². The lowest BCUT2D eigenvalue weighted by molar-refractivity contribution is -0.417. The molecule has 1 saturated carbocycles. The van der Waals surface area contributed by atoms with Crippen LogP contribution in [-0.2, 0) is 4.79 Å². The number of thiocarbonyl (C=S) groups is 1. The van der Waals surface area contributed by atoms with Gasteiger partial charge in [-0.1, -0.05) is 49.3 Å². The Labute approximate surface area is 172 Å². The van der Waals surface area contributed by atoms with Crippen molar-refractivity contribution < 1.29 is 14.1 Å². The van der Waals surface area contributed by atoms with Crippen LogP contribution in [0.25, 0.3) is 11.6 Å². The van der Waals surface area contributed by atoms with Crippen molar-refractivity contribution in [3.8, 4) is 0 Å². The highest BCUT2D eigenvalue weighted by Crippen LogP contribution is 2.38. The average Bonchev–Trinajstić information content (AvgIpc) is 3.27. The van der Waals surface area contributed by atoms with Crippen LogP contribution in [0.4, 0.5) is 0 Å². The standard InChI is InChI=1S/C20H20N2O4S2/c23-19-18(28-20(27)21(19)13-6-2-1-3-7-13)12-14-10-11-17(26-14)15-8-4-5-9-16(15)22(24)25/h8-13H,1-7H2/b18-12-. The third-order valence-corrected chi connectivity index (χ3v) is 6.58. The van der Waals surface area contributed by atoms with Gasteiger partial charge in [0.15, 0.2) is 0 Å². The van der Waals surface area contributed by atoms with Crippen LogP contribution in [-0.4, -0.2) is 26.1 Å². The summed E-state index contributed by atoms with van der Waals surface area (Å²) in [4.78, 5) is 26.0. The number of hydrogen-bond donors (Lipinski definition) is 0. The monoisotopic (exact) mass is 416 g/mol. The maximum absolute atomic E-state index is 12.9. The SMILES string of the molecule is O=C1/C(=C/c2ccc(C3=CCCC=C3[N+](=O)[O-])o2)SC(=S)N1C1CCCCC1. The van der Waals surface area contributed by atoms with Gasteiger partial charge in [-0.25, -0.2) is 0 Å². The Hall–Kier alpha value is -2.19. The molecule has 1 aliphatic heterocycles. The highest BCUT2D eigenvalue weighted by atomic mass is 32.2. The highest BCUT2D eigenvalue weighted by molar-refractivity contribution is 8.26. The van der Waals surface area contributed by atoms with E-state index in [1.165, 1.54) is 18.2 Å². The summed E-state index contributed by atoms with van der Waals surface area (Å²) in [6.07, 6.45) is 12.0. The molecular weight excluding hydrogens is 396 g/mol. The van der Waals surface area contributed by atoms with E-state index >= 15 is 0 Å². The molecule has 0 N–H and O–H groups in total. The second-order valence-electron chi connectivity index (χ2n) is 7.09. The lowest BCUT2D eigenvalue weighted by Crippen LogP contribution is -2.39. The predicted molar refractivity (Wildman–Crippen MR) is 113 cm³/mol. The molecule has 0 spiro atoms. The van der Waals surface area contributed by atoms with Crippen LogP contribution < -0.4 is 0 Å². The number of nitro groups is 1. The van der Waals surface area contributed by atoms with Gasteiger partial charge in [0, 0.05) is 12.1 Å². The number of nitrogens with zero attached hydrogens (tertiary/aromatic N) is 2. The summed E-state index contributed by atoms with van der Waals surface area (Å²) in [6.45, 7) is 0. The topological polar surface area (TPSA) is 76.6 Å². The van der Waals surface area contributed by atoms with Crippen LogP contribution in [0.5, 0.6) is 0 Å². The largest absolute Gasteiger partial charge is 0.456 e. The van der Waals surface area contributed by atoms with Crippen LogP contribution >= 0.6 is 24.0 Å². The first kappa shape index (κ1) is 19.1. The summed E-state index contributed by atoms with van der Waals surface area (Å²) in [5, 5.41) is 11.3. The van der Waals surface area contributed by atoms with Crippen molar-refractivity contribution in [1.82, 2.24) is 4.90 Å². The molecule has 1 amide bonds. The number of allylic oxidation sites excluding steroid dienone is 3. The van der Waals surface area contributed by atoms with E-state index in [0.717, 1.165) is 32.1 Å². The van der Waals surface area contributed by atoms with Gasteiger partial charge in [-0.05, 0) is 43.9 Å². The number of thioether (sulfide) groups is 1. The summed E-state index contributed by atoms with van der Waals surface area (Å²) < 4.78 is 6.41. The van der Waals surface area contributed by atoms with Gasteiger partial charge in [0.25, 0.3) is 11.6 Å². The minimum atomic E-state index is -0.386. The number of amides is 1. The molecule has 2 aliphatic carbocycles. The van der Waals surface area contributed by atoms with Crippen molar-refractivity contribution >= 4 is 45.9 Å². The van der Waals surface area contributed by atoms with Crippen molar-refractivity contribution in [3.05, 3.63) is 56.5 Å². The molecule has 146 valence electrons. The first-order chi connectivity index (χ1) is 13.5. The number of hydrogen-bond acceptors (Lipinski definition) is 6. The molecule has 1 aromatic rings. The summed E-state index contributed by atoms with van der Waals surface area (Å²) in [5.74, 6) is 0.868. The van der Waals surface area contributed by atoms with Gasteiger partial charge in [-0.15, -0.1) is 0 Å². The lowest BCUT2D eigenvalue weighted by Gasteiger charge is -2.29. The summed E-state index contributed by atoms with van der Waals surface area (Å²) in [5.41, 5.74) is 0.557. The van der Waals surface area contributed by atoms with Gasteiger partial charge in [-0.2, -0.15) is 0 Å². The van der Waals surface area contributed by atoms with E-state index in [1.807, 2.05) is 6.08 Å². The van der Waals surface area contributed by atoms with Crippen molar-refractivity contribution in [2.75, 3.05) is 0 Å². The molecule has 1 saturated heterocycles. The second kappa shape index (κ2) is 8.05. The normalized spacial score (nSPS) is 22.6. The second-order valence-corrected chi connectivity index (χ2v) is 8.76. The zero-order valence-electron chi connectivity index (χ0n) is 15.3. The van der Waals surface area contributed by atoms with Gasteiger partial charge >= 0.3 is 0 Å². The molecule has 0 unspecified atom stereocenters. The fourth-order valence-corrected chi connectivity index (χ4v) is 5.28. The van der Waals surface area contributed by atoms with E-state index in [9.17, 15) is 14.9 Å². The number of carbonyl (C=O) groups excluding carboxylic acids is 1. The maximum Gasteiger partial charge on any atom is 0.276 e. The van der Waals surface area contributed by atoms with E-state index in [-0.39, 0.29) is 22.6 Å². The van der Waals surface area contributed by atoms with Crippen LogP contribution in [0, 0.1) is 10.1 Å². The molecule has 0 aromatic carbocycles. The Morgan fingerprint density at radius 2 is 1.96 bits per heavy atom. The quantitative estimate of drug-likeness (QED) is 0.292. The third-order valence-electron chi connectivity index (χ3n) is 5.25. The van der Waals surface area contributed by atoms with Gasteiger partial charge in [0.2, 0.25) is 0 Å².